The quantitative estimate of drug-likeness (QED) is 0.339. The maximum Gasteiger partial charge on any atom is 0.415 e. The Labute approximate surface area is 234 Å². The van der Waals surface area contributed by atoms with E-state index < -0.39 is 0 Å². The molecule has 0 spiro atoms. The first-order chi connectivity index (χ1) is 18.2. The molecule has 0 N–H and O–H groups in total. The lowest BCUT2D eigenvalue weighted by Gasteiger charge is -2.36. The molecule has 0 aromatic heterocycles. The number of rotatable bonds is 3. The van der Waals surface area contributed by atoms with Crippen molar-refractivity contribution in [3.05, 3.63) is 93.0 Å². The van der Waals surface area contributed by atoms with Gasteiger partial charge in [0.15, 0.2) is 0 Å². The molecule has 2 heterocycles. The summed E-state index contributed by atoms with van der Waals surface area (Å²) < 4.78 is 5.99. The van der Waals surface area contributed by atoms with Crippen molar-refractivity contribution in [2.45, 2.75) is 49.7 Å². The summed E-state index contributed by atoms with van der Waals surface area (Å²) in [5.74, 6) is 0.803. The van der Waals surface area contributed by atoms with E-state index in [0.29, 0.717) is 22.0 Å². The lowest BCUT2D eigenvalue weighted by molar-refractivity contribution is 0.139. The van der Waals surface area contributed by atoms with E-state index >= 15 is 0 Å². The molecule has 0 bridgehead atoms. The highest BCUT2D eigenvalue weighted by molar-refractivity contribution is 6.42. The summed E-state index contributed by atoms with van der Waals surface area (Å²) in [5.41, 5.74) is 6.00. The van der Waals surface area contributed by atoms with Gasteiger partial charge in [-0.1, -0.05) is 60.5 Å². The van der Waals surface area contributed by atoms with Crippen molar-refractivity contribution in [1.82, 2.24) is 9.80 Å². The molecule has 2 aliphatic heterocycles. The van der Waals surface area contributed by atoms with Gasteiger partial charge in [0.1, 0.15) is 5.75 Å². The van der Waals surface area contributed by atoms with E-state index in [1.807, 2.05) is 37.4 Å². The first-order valence-corrected chi connectivity index (χ1v) is 14.0. The Morgan fingerprint density at radius 2 is 1.76 bits per heavy atom. The standard InChI is InChI=1S/C31H33Cl2N3O2/c1-31-15-16-34(2)29(31)35(3)28-13-10-20(18-24(28)31)38-30(37)36(4)27-14-11-21(22-7-5-6-8-23(22)27)19-9-12-25(32)26(33)17-19/h5-10,12-13,17-18,21,27,29H,11,14-16H2,1-4H3/t21-,27-,29+,31-/m0/s1. The highest BCUT2D eigenvalue weighted by atomic mass is 35.5. The van der Waals surface area contributed by atoms with Crippen LogP contribution in [0.5, 0.6) is 5.75 Å². The van der Waals surface area contributed by atoms with Crippen LogP contribution in [0.15, 0.2) is 60.7 Å². The van der Waals surface area contributed by atoms with Crippen molar-refractivity contribution >= 4 is 35.0 Å². The van der Waals surface area contributed by atoms with Crippen LogP contribution in [0.25, 0.3) is 0 Å². The zero-order valence-electron chi connectivity index (χ0n) is 22.2. The molecule has 0 unspecified atom stereocenters. The predicted octanol–water partition coefficient (Wildman–Crippen LogP) is 7.46. The fourth-order valence-electron chi connectivity index (χ4n) is 7.16. The number of nitrogens with zero attached hydrogens (tertiary/aromatic N) is 3. The summed E-state index contributed by atoms with van der Waals surface area (Å²) in [6.45, 7) is 3.38. The lowest BCUT2D eigenvalue weighted by Crippen LogP contribution is -2.45. The largest absolute Gasteiger partial charge is 0.415 e. The predicted molar refractivity (Wildman–Crippen MR) is 154 cm³/mol. The van der Waals surface area contributed by atoms with Gasteiger partial charge in [-0.3, -0.25) is 4.90 Å². The third-order valence-electron chi connectivity index (χ3n) is 9.07. The van der Waals surface area contributed by atoms with E-state index in [-0.39, 0.29) is 23.5 Å². The molecule has 1 saturated heterocycles. The van der Waals surface area contributed by atoms with E-state index in [9.17, 15) is 4.79 Å². The summed E-state index contributed by atoms with van der Waals surface area (Å²) in [6, 6.07) is 20.3. The van der Waals surface area contributed by atoms with Crippen LogP contribution >= 0.6 is 23.2 Å². The van der Waals surface area contributed by atoms with Gasteiger partial charge in [0.25, 0.3) is 0 Å². The van der Waals surface area contributed by atoms with E-state index in [2.05, 4.69) is 61.2 Å². The van der Waals surface area contributed by atoms with Crippen molar-refractivity contribution in [3.8, 4) is 5.75 Å². The lowest BCUT2D eigenvalue weighted by atomic mass is 9.76. The molecule has 198 valence electrons. The van der Waals surface area contributed by atoms with Gasteiger partial charge in [-0.15, -0.1) is 0 Å². The summed E-state index contributed by atoms with van der Waals surface area (Å²) in [5, 5.41) is 1.12. The maximum absolute atomic E-state index is 13.4. The van der Waals surface area contributed by atoms with Gasteiger partial charge < -0.3 is 14.5 Å². The summed E-state index contributed by atoms with van der Waals surface area (Å²) >= 11 is 12.5. The Bertz CT molecular complexity index is 1410. The number of amides is 1. The molecule has 3 aromatic carbocycles. The molecule has 6 rings (SSSR count). The van der Waals surface area contributed by atoms with Crippen molar-refractivity contribution in [1.29, 1.82) is 0 Å². The SMILES string of the molecule is CN1CC[C@@]2(C)c3cc(OC(=O)N(C)[C@H]4CC[C@@H](c5ccc(Cl)c(Cl)c5)c5ccccc54)ccc3N(C)[C@@H]12. The van der Waals surface area contributed by atoms with E-state index in [1.165, 1.54) is 16.8 Å². The van der Waals surface area contributed by atoms with Gasteiger partial charge in [0.2, 0.25) is 0 Å². The average molecular weight is 551 g/mol. The van der Waals surface area contributed by atoms with Gasteiger partial charge in [-0.05, 0) is 78.9 Å². The number of benzene rings is 3. The number of likely N-dealkylation sites (N-methyl/N-ethyl adjacent to an activating group) is 2. The van der Waals surface area contributed by atoms with Crippen LogP contribution in [0.3, 0.4) is 0 Å². The number of hydrogen-bond acceptors (Lipinski definition) is 4. The minimum Gasteiger partial charge on any atom is -0.410 e. The second-order valence-electron chi connectivity index (χ2n) is 11.2. The average Bonchev–Trinajstić information content (AvgIpc) is 3.34. The van der Waals surface area contributed by atoms with Crippen molar-refractivity contribution < 1.29 is 9.53 Å². The van der Waals surface area contributed by atoms with Gasteiger partial charge in [0.05, 0.1) is 22.3 Å². The fraction of sp³-hybridized carbons (Fsp3) is 0.387. The Morgan fingerprint density at radius 3 is 2.53 bits per heavy atom. The van der Waals surface area contributed by atoms with E-state index in [4.69, 9.17) is 27.9 Å². The molecule has 38 heavy (non-hydrogen) atoms. The topological polar surface area (TPSA) is 36.0 Å². The van der Waals surface area contributed by atoms with Crippen molar-refractivity contribution in [2.75, 3.05) is 32.6 Å². The third-order valence-corrected chi connectivity index (χ3v) is 9.81. The molecule has 0 saturated carbocycles. The fourth-order valence-corrected chi connectivity index (χ4v) is 7.47. The Morgan fingerprint density at radius 1 is 1.00 bits per heavy atom. The molecule has 7 heteroatoms. The number of carbonyl (C=O) groups is 1. The second kappa shape index (κ2) is 9.48. The Hall–Kier alpha value is -2.73. The minimum absolute atomic E-state index is 0.0229. The number of fused-ring (bicyclic) bond motifs is 4. The highest BCUT2D eigenvalue weighted by Crippen LogP contribution is 2.52. The summed E-state index contributed by atoms with van der Waals surface area (Å²) in [7, 11) is 6.18. The van der Waals surface area contributed by atoms with Crippen LogP contribution < -0.4 is 9.64 Å². The molecule has 4 atom stereocenters. The Kier molecular flexibility index (Phi) is 6.37. The van der Waals surface area contributed by atoms with Gasteiger partial charge >= 0.3 is 6.09 Å². The third kappa shape index (κ3) is 3.98. The highest BCUT2D eigenvalue weighted by Gasteiger charge is 2.52. The first kappa shape index (κ1) is 25.5. The molecular weight excluding hydrogens is 517 g/mol. The van der Waals surface area contributed by atoms with Crippen LogP contribution in [-0.4, -0.2) is 49.7 Å². The minimum atomic E-state index is -0.339. The Balaban J connectivity index is 1.24. The smallest absolute Gasteiger partial charge is 0.410 e. The molecule has 5 nitrogen and oxygen atoms in total. The zero-order valence-corrected chi connectivity index (χ0v) is 23.8. The molecule has 1 amide bonds. The van der Waals surface area contributed by atoms with Crippen LogP contribution in [0.1, 0.15) is 60.4 Å². The number of ether oxygens (including phenoxy) is 1. The number of likely N-dealkylation sites (tertiary alicyclic amines) is 1. The van der Waals surface area contributed by atoms with E-state index in [1.54, 1.807) is 4.90 Å². The summed E-state index contributed by atoms with van der Waals surface area (Å²) in [4.78, 5) is 19.9. The van der Waals surface area contributed by atoms with Crippen molar-refractivity contribution in [3.63, 3.8) is 0 Å². The van der Waals surface area contributed by atoms with Crippen LogP contribution in [0, 0.1) is 0 Å². The van der Waals surface area contributed by atoms with Gasteiger partial charge in [-0.2, -0.15) is 0 Å². The molecule has 3 aromatic rings. The van der Waals surface area contributed by atoms with Gasteiger partial charge in [-0.25, -0.2) is 4.79 Å². The van der Waals surface area contributed by atoms with Crippen LogP contribution in [0.4, 0.5) is 10.5 Å². The summed E-state index contributed by atoms with van der Waals surface area (Å²) in [6.07, 6.45) is 2.80. The van der Waals surface area contributed by atoms with Gasteiger partial charge in [0, 0.05) is 37.7 Å². The molecule has 1 fully saturated rings. The zero-order chi connectivity index (χ0) is 26.8. The van der Waals surface area contributed by atoms with E-state index in [0.717, 1.165) is 36.9 Å². The monoisotopic (exact) mass is 549 g/mol. The molecule has 0 radical (unpaired) electrons. The maximum atomic E-state index is 13.4. The number of halogens is 2. The molecular formula is C31H33Cl2N3O2. The number of hydrogen-bond donors (Lipinski definition) is 0. The normalized spacial score (nSPS) is 26.1. The van der Waals surface area contributed by atoms with Crippen molar-refractivity contribution in [2.24, 2.45) is 0 Å². The number of anilines is 1. The first-order valence-electron chi connectivity index (χ1n) is 13.2. The molecule has 3 aliphatic rings. The molecule has 1 aliphatic carbocycles. The van der Waals surface area contributed by atoms with Crippen LogP contribution in [0.2, 0.25) is 10.0 Å². The van der Waals surface area contributed by atoms with Crippen LogP contribution in [-0.2, 0) is 5.41 Å². The second-order valence-corrected chi connectivity index (χ2v) is 12.1. The number of carbonyl (C=O) groups excluding carboxylic acids is 1.